The second-order valence-corrected chi connectivity index (χ2v) is 10.0. The van der Waals surface area contributed by atoms with E-state index in [4.69, 9.17) is 4.74 Å². The number of hydrogen-bond acceptors (Lipinski definition) is 5. The van der Waals surface area contributed by atoms with Crippen LogP contribution >= 0.6 is 0 Å². The van der Waals surface area contributed by atoms with E-state index in [1.54, 1.807) is 13.2 Å². The number of rotatable bonds is 8. The molecule has 1 aliphatic heterocycles. The van der Waals surface area contributed by atoms with Gasteiger partial charge in [0.05, 0.1) is 30.7 Å². The smallest absolute Gasteiger partial charge is 0.253 e. The van der Waals surface area contributed by atoms with Crippen LogP contribution in [0.3, 0.4) is 0 Å². The average Bonchev–Trinajstić information content (AvgIpc) is 3.37. The molecule has 1 saturated carbocycles. The minimum Gasteiger partial charge on any atom is -0.387 e. The third kappa shape index (κ3) is 5.11. The van der Waals surface area contributed by atoms with Gasteiger partial charge in [-0.3, -0.25) is 14.4 Å². The van der Waals surface area contributed by atoms with E-state index in [1.165, 1.54) is 10.6 Å². The maximum Gasteiger partial charge on any atom is 0.253 e. The molecule has 8 nitrogen and oxygen atoms in total. The van der Waals surface area contributed by atoms with E-state index in [0.29, 0.717) is 50.3 Å². The molecule has 1 aromatic carbocycles. The number of amides is 2. The van der Waals surface area contributed by atoms with Crippen LogP contribution in [0.25, 0.3) is 11.1 Å². The number of pyridine rings is 1. The van der Waals surface area contributed by atoms with Gasteiger partial charge in [0.15, 0.2) is 0 Å². The number of benzene rings is 1. The molecule has 1 spiro atoms. The van der Waals surface area contributed by atoms with Gasteiger partial charge >= 0.3 is 0 Å². The minimum atomic E-state index is -1.15. The molecule has 4 rings (SSSR count). The number of hydrogen-bond donors (Lipinski definition) is 2. The van der Waals surface area contributed by atoms with Crippen molar-refractivity contribution in [3.05, 3.63) is 58.5 Å². The SMILES string of the molecule is CCOCCC(=O)N1CCC(O)(Cn2cc(C(=O)NC)c(-c3ccccc3)cc2=O)C2(CCCC2)C1. The van der Waals surface area contributed by atoms with E-state index < -0.39 is 11.0 Å². The zero-order chi connectivity index (χ0) is 25.8. The Kier molecular flexibility index (Phi) is 7.95. The lowest BCUT2D eigenvalue weighted by Gasteiger charge is -2.52. The first kappa shape index (κ1) is 26.1. The van der Waals surface area contributed by atoms with Crippen molar-refractivity contribution >= 4 is 11.8 Å². The van der Waals surface area contributed by atoms with E-state index in [0.717, 1.165) is 31.2 Å². The standard InChI is InChI=1S/C28H37N3O5/c1-3-36-16-11-24(32)30-15-14-28(35,27(19-30)12-7-8-13-27)20-31-18-23(26(34)29-2)22(17-25(31)33)21-9-5-4-6-10-21/h4-6,9-10,17-18,35H,3,7-8,11-16,19-20H2,1-2H3,(H,29,34). The maximum absolute atomic E-state index is 13.3. The van der Waals surface area contributed by atoms with Crippen LogP contribution in [-0.4, -0.2) is 65.3 Å². The molecule has 1 atom stereocenters. The van der Waals surface area contributed by atoms with E-state index in [-0.39, 0.29) is 23.9 Å². The van der Waals surface area contributed by atoms with Crippen LogP contribution in [0.4, 0.5) is 0 Å². The average molecular weight is 496 g/mol. The van der Waals surface area contributed by atoms with Gasteiger partial charge in [0.2, 0.25) is 5.91 Å². The molecule has 2 N–H and O–H groups in total. The minimum absolute atomic E-state index is 0.0445. The Morgan fingerprint density at radius 2 is 1.86 bits per heavy atom. The third-order valence-electron chi connectivity index (χ3n) is 7.97. The molecule has 2 aliphatic rings. The van der Waals surface area contributed by atoms with E-state index in [9.17, 15) is 19.5 Å². The normalized spacial score (nSPS) is 21.0. The molecule has 2 fully saturated rings. The lowest BCUT2D eigenvalue weighted by atomic mass is 9.65. The number of piperidine rings is 1. The number of ether oxygens (including phenoxy) is 1. The highest BCUT2D eigenvalue weighted by Gasteiger charge is 2.55. The Labute approximate surface area is 212 Å². The fourth-order valence-electron chi connectivity index (χ4n) is 5.92. The Morgan fingerprint density at radius 1 is 1.14 bits per heavy atom. The fraction of sp³-hybridized carbons (Fsp3) is 0.536. The fourth-order valence-corrected chi connectivity index (χ4v) is 5.92. The number of carbonyl (C=O) groups is 2. The molecule has 8 heteroatoms. The van der Waals surface area contributed by atoms with Gasteiger partial charge in [-0.2, -0.15) is 0 Å². The molecule has 1 unspecified atom stereocenters. The predicted molar refractivity (Wildman–Crippen MR) is 138 cm³/mol. The van der Waals surface area contributed by atoms with Gasteiger partial charge < -0.3 is 24.6 Å². The van der Waals surface area contributed by atoms with E-state index in [2.05, 4.69) is 5.32 Å². The summed E-state index contributed by atoms with van der Waals surface area (Å²) >= 11 is 0. The van der Waals surface area contributed by atoms with E-state index in [1.807, 2.05) is 42.2 Å². The third-order valence-corrected chi connectivity index (χ3v) is 7.97. The van der Waals surface area contributed by atoms with Crippen LogP contribution < -0.4 is 10.9 Å². The van der Waals surface area contributed by atoms with Gasteiger partial charge in [0.1, 0.15) is 0 Å². The summed E-state index contributed by atoms with van der Waals surface area (Å²) in [5, 5.41) is 14.7. The molecule has 2 aromatic rings. The quantitative estimate of drug-likeness (QED) is 0.549. The van der Waals surface area contributed by atoms with E-state index >= 15 is 0 Å². The maximum atomic E-state index is 13.3. The summed E-state index contributed by atoms with van der Waals surface area (Å²) in [6.07, 6.45) is 5.86. The molecule has 36 heavy (non-hydrogen) atoms. The largest absolute Gasteiger partial charge is 0.387 e. The van der Waals surface area contributed by atoms with Crippen molar-refractivity contribution in [2.24, 2.45) is 5.41 Å². The highest BCUT2D eigenvalue weighted by atomic mass is 16.5. The van der Waals surface area contributed by atoms with Gasteiger partial charge in [0.25, 0.3) is 11.5 Å². The molecular formula is C28H37N3O5. The number of likely N-dealkylation sites (tertiary alicyclic amines) is 1. The molecule has 0 bridgehead atoms. The van der Waals surface area contributed by atoms with Gasteiger partial charge in [0, 0.05) is 50.0 Å². The Morgan fingerprint density at radius 3 is 2.53 bits per heavy atom. The molecule has 2 amide bonds. The van der Waals surface area contributed by atoms with Crippen LogP contribution in [-0.2, 0) is 16.1 Å². The van der Waals surface area contributed by atoms with Crippen molar-refractivity contribution in [3.63, 3.8) is 0 Å². The van der Waals surface area contributed by atoms with Gasteiger partial charge in [-0.25, -0.2) is 0 Å². The molecule has 1 aliphatic carbocycles. The van der Waals surface area contributed by atoms with Crippen LogP contribution in [0.1, 0.15) is 55.8 Å². The highest BCUT2D eigenvalue weighted by molar-refractivity contribution is 6.00. The Hall–Kier alpha value is -2.97. The second kappa shape index (κ2) is 11.0. The number of nitrogens with zero attached hydrogens (tertiary/aromatic N) is 2. The molecule has 194 valence electrons. The Bertz CT molecular complexity index is 1140. The monoisotopic (exact) mass is 495 g/mol. The summed E-state index contributed by atoms with van der Waals surface area (Å²) in [5.41, 5.74) is -0.164. The zero-order valence-electron chi connectivity index (χ0n) is 21.3. The number of carbonyl (C=O) groups excluding carboxylic acids is 2. The molecule has 1 aromatic heterocycles. The summed E-state index contributed by atoms with van der Waals surface area (Å²) in [6, 6.07) is 10.8. The first-order valence-electron chi connectivity index (χ1n) is 12.9. The summed E-state index contributed by atoms with van der Waals surface area (Å²) in [7, 11) is 1.56. The lowest BCUT2D eigenvalue weighted by Crippen LogP contribution is -2.62. The van der Waals surface area contributed by atoms with Crippen LogP contribution in [0, 0.1) is 5.41 Å². The van der Waals surface area contributed by atoms with Gasteiger partial charge in [-0.1, -0.05) is 43.2 Å². The van der Waals surface area contributed by atoms with Gasteiger partial charge in [-0.05, 0) is 31.7 Å². The number of aliphatic hydroxyl groups is 1. The molecular weight excluding hydrogens is 458 g/mol. The lowest BCUT2D eigenvalue weighted by molar-refractivity contribution is -0.161. The Balaban J connectivity index is 1.64. The molecule has 2 heterocycles. The van der Waals surface area contributed by atoms with Crippen molar-refractivity contribution in [3.8, 4) is 11.1 Å². The van der Waals surface area contributed by atoms with Crippen LogP contribution in [0.5, 0.6) is 0 Å². The molecule has 0 radical (unpaired) electrons. The summed E-state index contributed by atoms with van der Waals surface area (Å²) in [4.78, 5) is 40.7. The number of aromatic nitrogens is 1. The van der Waals surface area contributed by atoms with Crippen molar-refractivity contribution in [1.29, 1.82) is 0 Å². The van der Waals surface area contributed by atoms with Crippen LogP contribution in [0.15, 0.2) is 47.4 Å². The van der Waals surface area contributed by atoms with Crippen molar-refractivity contribution in [1.82, 2.24) is 14.8 Å². The van der Waals surface area contributed by atoms with Crippen molar-refractivity contribution < 1.29 is 19.4 Å². The number of nitrogens with one attached hydrogen (secondary N) is 1. The highest BCUT2D eigenvalue weighted by Crippen LogP contribution is 2.51. The van der Waals surface area contributed by atoms with Crippen molar-refractivity contribution in [2.45, 2.75) is 57.6 Å². The first-order chi connectivity index (χ1) is 17.3. The second-order valence-electron chi connectivity index (χ2n) is 10.0. The summed E-state index contributed by atoms with van der Waals surface area (Å²) in [5.74, 6) is -0.247. The topological polar surface area (TPSA) is 101 Å². The zero-order valence-corrected chi connectivity index (χ0v) is 21.3. The van der Waals surface area contributed by atoms with Crippen molar-refractivity contribution in [2.75, 3.05) is 33.4 Å². The van der Waals surface area contributed by atoms with Gasteiger partial charge in [-0.15, -0.1) is 0 Å². The summed E-state index contributed by atoms with van der Waals surface area (Å²) < 4.78 is 6.83. The predicted octanol–water partition coefficient (Wildman–Crippen LogP) is 2.83. The van der Waals surface area contributed by atoms with Crippen LogP contribution in [0.2, 0.25) is 0 Å². The summed E-state index contributed by atoms with van der Waals surface area (Å²) in [6.45, 7) is 3.88. The first-order valence-corrected chi connectivity index (χ1v) is 12.9. The molecule has 1 saturated heterocycles.